The van der Waals surface area contributed by atoms with Crippen molar-refractivity contribution in [3.63, 3.8) is 0 Å². The van der Waals surface area contributed by atoms with Gasteiger partial charge in [-0.15, -0.1) is 0 Å². The molecule has 0 saturated heterocycles. The molecular formula is C13H13ClFNO. The number of benzene rings is 1. The van der Waals surface area contributed by atoms with Crippen LogP contribution >= 0.6 is 11.6 Å². The van der Waals surface area contributed by atoms with Crippen molar-refractivity contribution in [2.45, 2.75) is 13.5 Å². The van der Waals surface area contributed by atoms with Crippen molar-refractivity contribution < 1.29 is 9.18 Å². The zero-order valence-electron chi connectivity index (χ0n) is 9.41. The van der Waals surface area contributed by atoms with Crippen LogP contribution in [0.15, 0.2) is 42.5 Å². The Balaban J connectivity index is 2.53. The van der Waals surface area contributed by atoms with Crippen molar-refractivity contribution in [1.29, 1.82) is 0 Å². The van der Waals surface area contributed by atoms with Gasteiger partial charge in [0.1, 0.15) is 5.82 Å². The maximum atomic E-state index is 13.3. The van der Waals surface area contributed by atoms with Gasteiger partial charge in [0.2, 0.25) is 5.91 Å². The van der Waals surface area contributed by atoms with E-state index in [0.717, 1.165) is 0 Å². The monoisotopic (exact) mass is 253 g/mol. The topological polar surface area (TPSA) is 29.1 Å². The summed E-state index contributed by atoms with van der Waals surface area (Å²) in [4.78, 5) is 11.3. The Morgan fingerprint density at radius 1 is 1.47 bits per heavy atom. The highest BCUT2D eigenvalue weighted by Crippen LogP contribution is 2.14. The molecule has 2 nitrogen and oxygen atoms in total. The molecule has 0 bridgehead atoms. The van der Waals surface area contributed by atoms with E-state index in [-0.39, 0.29) is 12.5 Å². The van der Waals surface area contributed by atoms with Crippen molar-refractivity contribution >= 4 is 17.5 Å². The van der Waals surface area contributed by atoms with Crippen LogP contribution in [-0.4, -0.2) is 5.91 Å². The predicted octanol–water partition coefficient (Wildman–Crippen LogP) is 3.23. The van der Waals surface area contributed by atoms with E-state index in [1.54, 1.807) is 24.3 Å². The van der Waals surface area contributed by atoms with Gasteiger partial charge in [0.05, 0.1) is 0 Å². The van der Waals surface area contributed by atoms with Crippen LogP contribution in [0, 0.1) is 5.82 Å². The highest BCUT2D eigenvalue weighted by atomic mass is 35.5. The van der Waals surface area contributed by atoms with Crippen molar-refractivity contribution in [3.8, 4) is 0 Å². The molecule has 0 saturated carbocycles. The van der Waals surface area contributed by atoms with Gasteiger partial charge in [-0.25, -0.2) is 4.39 Å². The zero-order valence-corrected chi connectivity index (χ0v) is 10.2. The SMILES string of the molecule is C/C=C/C=C/C(=O)NCc1ccc(Cl)cc1F. The predicted molar refractivity (Wildman–Crippen MR) is 67.2 cm³/mol. The number of hydrogen-bond donors (Lipinski definition) is 1. The number of rotatable bonds is 4. The second kappa shape index (κ2) is 6.86. The van der Waals surface area contributed by atoms with E-state index in [1.807, 2.05) is 13.0 Å². The molecule has 0 aliphatic rings. The molecule has 0 aromatic heterocycles. The van der Waals surface area contributed by atoms with Gasteiger partial charge in [-0.05, 0) is 19.1 Å². The third-order valence-corrected chi connectivity index (χ3v) is 2.25. The lowest BCUT2D eigenvalue weighted by Gasteiger charge is -2.04. The molecule has 0 fully saturated rings. The van der Waals surface area contributed by atoms with Crippen molar-refractivity contribution in [2.75, 3.05) is 0 Å². The summed E-state index contributed by atoms with van der Waals surface area (Å²) in [6.07, 6.45) is 6.55. The first kappa shape index (κ1) is 13.5. The van der Waals surface area contributed by atoms with Gasteiger partial charge < -0.3 is 5.32 Å². The summed E-state index contributed by atoms with van der Waals surface area (Å²) in [6, 6.07) is 4.36. The Hall–Kier alpha value is -1.61. The summed E-state index contributed by atoms with van der Waals surface area (Å²) in [5.74, 6) is -0.687. The molecule has 1 N–H and O–H groups in total. The average Bonchev–Trinajstić information content (AvgIpc) is 2.28. The zero-order chi connectivity index (χ0) is 12.7. The maximum absolute atomic E-state index is 13.3. The maximum Gasteiger partial charge on any atom is 0.244 e. The third-order valence-electron chi connectivity index (χ3n) is 2.02. The molecule has 0 atom stereocenters. The van der Waals surface area contributed by atoms with Crippen LogP contribution in [-0.2, 0) is 11.3 Å². The summed E-state index contributed by atoms with van der Waals surface area (Å²) in [5, 5.41) is 2.91. The van der Waals surface area contributed by atoms with E-state index in [9.17, 15) is 9.18 Å². The normalized spacial score (nSPS) is 11.2. The smallest absolute Gasteiger partial charge is 0.244 e. The van der Waals surface area contributed by atoms with Gasteiger partial charge in [-0.1, -0.05) is 35.9 Å². The highest BCUT2D eigenvalue weighted by Gasteiger charge is 2.03. The van der Waals surface area contributed by atoms with Gasteiger partial charge >= 0.3 is 0 Å². The second-order valence-electron chi connectivity index (χ2n) is 3.34. The van der Waals surface area contributed by atoms with Gasteiger partial charge in [-0.3, -0.25) is 4.79 Å². The van der Waals surface area contributed by atoms with Crippen LogP contribution in [0.25, 0.3) is 0 Å². The lowest BCUT2D eigenvalue weighted by atomic mass is 10.2. The van der Waals surface area contributed by atoms with E-state index < -0.39 is 5.82 Å². The van der Waals surface area contributed by atoms with Crippen LogP contribution in [0.5, 0.6) is 0 Å². The molecule has 1 amide bonds. The molecule has 0 aliphatic heterocycles. The summed E-state index contributed by atoms with van der Waals surface area (Å²) in [5.41, 5.74) is 0.405. The Bertz CT molecular complexity index is 455. The molecule has 17 heavy (non-hydrogen) atoms. The van der Waals surface area contributed by atoms with Crippen LogP contribution in [0.1, 0.15) is 12.5 Å². The fraction of sp³-hybridized carbons (Fsp3) is 0.154. The molecule has 0 radical (unpaired) electrons. The Kier molecular flexibility index (Phi) is 5.43. The number of hydrogen-bond acceptors (Lipinski definition) is 1. The lowest BCUT2D eigenvalue weighted by molar-refractivity contribution is -0.116. The van der Waals surface area contributed by atoms with Crippen molar-refractivity contribution in [2.24, 2.45) is 0 Å². The molecule has 1 aromatic carbocycles. The van der Waals surface area contributed by atoms with E-state index in [1.165, 1.54) is 12.1 Å². The van der Waals surface area contributed by atoms with Crippen LogP contribution in [0.4, 0.5) is 4.39 Å². The van der Waals surface area contributed by atoms with Crippen molar-refractivity contribution in [3.05, 3.63) is 58.9 Å². The molecular weight excluding hydrogens is 241 g/mol. The number of nitrogens with one attached hydrogen (secondary N) is 1. The van der Waals surface area contributed by atoms with Crippen LogP contribution in [0.2, 0.25) is 5.02 Å². The fourth-order valence-corrected chi connectivity index (χ4v) is 1.32. The molecule has 4 heteroatoms. The average molecular weight is 254 g/mol. The molecule has 0 heterocycles. The molecule has 1 aromatic rings. The molecule has 0 spiro atoms. The Labute approximate surface area is 105 Å². The number of allylic oxidation sites excluding steroid dienone is 3. The van der Waals surface area contributed by atoms with Gasteiger partial charge in [0.25, 0.3) is 0 Å². The van der Waals surface area contributed by atoms with Gasteiger partial charge in [0, 0.05) is 23.2 Å². The summed E-state index contributed by atoms with van der Waals surface area (Å²) in [6.45, 7) is 1.99. The van der Waals surface area contributed by atoms with Gasteiger partial charge in [-0.2, -0.15) is 0 Å². The quantitative estimate of drug-likeness (QED) is 0.648. The van der Waals surface area contributed by atoms with Crippen LogP contribution < -0.4 is 5.32 Å². The minimum Gasteiger partial charge on any atom is -0.348 e. The van der Waals surface area contributed by atoms with E-state index in [2.05, 4.69) is 5.32 Å². The minimum atomic E-state index is -0.421. The third kappa shape index (κ3) is 4.83. The van der Waals surface area contributed by atoms with E-state index >= 15 is 0 Å². The Morgan fingerprint density at radius 3 is 2.88 bits per heavy atom. The van der Waals surface area contributed by atoms with Gasteiger partial charge in [0.15, 0.2) is 0 Å². The molecule has 1 rings (SSSR count). The first-order valence-corrected chi connectivity index (χ1v) is 5.52. The molecule has 0 aliphatic carbocycles. The first-order valence-electron chi connectivity index (χ1n) is 5.14. The second-order valence-corrected chi connectivity index (χ2v) is 3.77. The molecule has 0 unspecified atom stereocenters. The fourth-order valence-electron chi connectivity index (χ4n) is 1.16. The number of carbonyl (C=O) groups is 1. The minimum absolute atomic E-state index is 0.141. The summed E-state index contributed by atoms with van der Waals surface area (Å²) in [7, 11) is 0. The van der Waals surface area contributed by atoms with E-state index in [4.69, 9.17) is 11.6 Å². The van der Waals surface area contributed by atoms with Crippen LogP contribution in [0.3, 0.4) is 0 Å². The highest BCUT2D eigenvalue weighted by molar-refractivity contribution is 6.30. The summed E-state index contributed by atoms with van der Waals surface area (Å²) >= 11 is 5.62. The van der Waals surface area contributed by atoms with E-state index in [0.29, 0.717) is 10.6 Å². The summed E-state index contributed by atoms with van der Waals surface area (Å²) < 4.78 is 13.3. The molecule has 90 valence electrons. The lowest BCUT2D eigenvalue weighted by Crippen LogP contribution is -2.20. The number of carbonyl (C=O) groups excluding carboxylic acids is 1. The standard InChI is InChI=1S/C13H13ClFNO/c1-2-3-4-5-13(17)16-9-10-6-7-11(14)8-12(10)15/h2-8H,9H2,1H3,(H,16,17)/b3-2+,5-4+. The number of amides is 1. The number of halogens is 2. The van der Waals surface area contributed by atoms with Crippen molar-refractivity contribution in [1.82, 2.24) is 5.32 Å². The largest absolute Gasteiger partial charge is 0.348 e. The Morgan fingerprint density at radius 2 is 2.24 bits per heavy atom. The first-order chi connectivity index (χ1) is 8.13.